The number of ether oxygens (including phenoxy) is 3. The van der Waals surface area contributed by atoms with Gasteiger partial charge in [0.25, 0.3) is 5.91 Å². The van der Waals surface area contributed by atoms with Gasteiger partial charge in [-0.15, -0.1) is 0 Å². The van der Waals surface area contributed by atoms with E-state index >= 15 is 0 Å². The van der Waals surface area contributed by atoms with Gasteiger partial charge in [0.05, 0.1) is 43.5 Å². The molecule has 0 aliphatic carbocycles. The second kappa shape index (κ2) is 9.65. The Kier molecular flexibility index (Phi) is 6.98. The molecule has 1 aliphatic heterocycles. The lowest BCUT2D eigenvalue weighted by atomic mass is 10.1. The Hall–Kier alpha value is -2.74. The molecule has 0 unspecified atom stereocenters. The summed E-state index contributed by atoms with van der Waals surface area (Å²) in [6, 6.07) is 3.75. The zero-order valence-corrected chi connectivity index (χ0v) is 17.5. The van der Waals surface area contributed by atoms with Gasteiger partial charge in [0.2, 0.25) is 0 Å². The van der Waals surface area contributed by atoms with Crippen LogP contribution in [0.4, 0.5) is 11.4 Å². The van der Waals surface area contributed by atoms with Crippen LogP contribution in [-0.4, -0.2) is 50.6 Å². The molecular weight excluding hydrogens is 374 g/mol. The van der Waals surface area contributed by atoms with Gasteiger partial charge in [-0.05, 0) is 27.2 Å². The van der Waals surface area contributed by atoms with Crippen LogP contribution >= 0.6 is 0 Å². The number of carbonyl (C=O) groups is 1. The normalized spacial score (nSPS) is 14.0. The van der Waals surface area contributed by atoms with E-state index in [-0.39, 0.29) is 5.91 Å². The number of morpholine rings is 1. The monoisotopic (exact) mass is 403 g/mol. The molecule has 0 radical (unpaired) electrons. The van der Waals surface area contributed by atoms with Crippen molar-refractivity contribution >= 4 is 17.3 Å². The molecule has 0 spiro atoms. The Morgan fingerprint density at radius 3 is 2.48 bits per heavy atom. The van der Waals surface area contributed by atoms with Crippen LogP contribution in [0, 0.1) is 6.92 Å². The van der Waals surface area contributed by atoms with Crippen LogP contribution in [0.5, 0.6) is 11.5 Å². The maximum atomic E-state index is 13.0. The van der Waals surface area contributed by atoms with Gasteiger partial charge in [0.1, 0.15) is 22.8 Å². The summed E-state index contributed by atoms with van der Waals surface area (Å²) in [6.07, 6.45) is 0.610. The van der Waals surface area contributed by atoms with Crippen molar-refractivity contribution in [1.29, 1.82) is 0 Å². The minimum absolute atomic E-state index is 0.275. The zero-order valence-electron chi connectivity index (χ0n) is 17.5. The van der Waals surface area contributed by atoms with Gasteiger partial charge >= 0.3 is 0 Å². The van der Waals surface area contributed by atoms with Crippen molar-refractivity contribution in [2.24, 2.45) is 0 Å². The zero-order chi connectivity index (χ0) is 20.8. The van der Waals surface area contributed by atoms with Crippen LogP contribution in [0.3, 0.4) is 0 Å². The van der Waals surface area contributed by atoms with E-state index in [4.69, 9.17) is 18.7 Å². The molecule has 0 saturated carbocycles. The van der Waals surface area contributed by atoms with Crippen molar-refractivity contribution in [2.75, 3.05) is 49.7 Å². The van der Waals surface area contributed by atoms with Gasteiger partial charge < -0.3 is 29.0 Å². The molecule has 8 nitrogen and oxygen atoms in total. The van der Waals surface area contributed by atoms with E-state index in [0.29, 0.717) is 67.1 Å². The third-order valence-corrected chi connectivity index (χ3v) is 4.76. The van der Waals surface area contributed by atoms with Gasteiger partial charge in [-0.3, -0.25) is 4.79 Å². The molecule has 2 aromatic rings. The third kappa shape index (κ3) is 4.64. The molecule has 1 saturated heterocycles. The maximum Gasteiger partial charge on any atom is 0.261 e. The first-order valence-corrected chi connectivity index (χ1v) is 10.1. The lowest BCUT2D eigenvalue weighted by Crippen LogP contribution is -2.36. The van der Waals surface area contributed by atoms with Gasteiger partial charge in [-0.1, -0.05) is 12.1 Å². The number of amides is 1. The van der Waals surface area contributed by atoms with Gasteiger partial charge in [0.15, 0.2) is 0 Å². The standard InChI is InChI=1S/C21H29N3O5/c1-5-15-20(14(4)29-23-15)21(25)22-16-12-19(28-7-3)17(13-18(16)27-6-2)24-8-10-26-11-9-24/h12-13H,5-11H2,1-4H3,(H,22,25). The molecule has 0 atom stereocenters. The van der Waals surface area contributed by atoms with E-state index in [1.165, 1.54) is 0 Å². The lowest BCUT2D eigenvalue weighted by Gasteiger charge is -2.31. The Labute approximate surface area is 171 Å². The topological polar surface area (TPSA) is 86.1 Å². The Balaban J connectivity index is 1.97. The SMILES string of the molecule is CCOc1cc(N2CCOCC2)c(OCC)cc1NC(=O)c1c(CC)noc1C. The van der Waals surface area contributed by atoms with Crippen LogP contribution in [0.25, 0.3) is 0 Å². The molecular formula is C21H29N3O5. The smallest absolute Gasteiger partial charge is 0.261 e. The second-order valence-corrected chi connectivity index (χ2v) is 6.65. The van der Waals surface area contributed by atoms with Gasteiger partial charge in [0, 0.05) is 25.2 Å². The number of benzene rings is 1. The van der Waals surface area contributed by atoms with E-state index in [2.05, 4.69) is 15.4 Å². The highest BCUT2D eigenvalue weighted by Crippen LogP contribution is 2.39. The number of hydrogen-bond donors (Lipinski definition) is 1. The number of carbonyl (C=O) groups excluding carboxylic acids is 1. The number of nitrogens with zero attached hydrogens (tertiary/aromatic N) is 2. The van der Waals surface area contributed by atoms with Crippen molar-refractivity contribution in [3.63, 3.8) is 0 Å². The van der Waals surface area contributed by atoms with Gasteiger partial charge in [-0.2, -0.15) is 0 Å². The first-order chi connectivity index (χ1) is 14.1. The van der Waals surface area contributed by atoms with Crippen molar-refractivity contribution in [3.05, 3.63) is 29.2 Å². The van der Waals surface area contributed by atoms with E-state index in [1.807, 2.05) is 32.9 Å². The molecule has 158 valence electrons. The second-order valence-electron chi connectivity index (χ2n) is 6.65. The van der Waals surface area contributed by atoms with Gasteiger partial charge in [-0.25, -0.2) is 0 Å². The number of hydrogen-bond acceptors (Lipinski definition) is 7. The average Bonchev–Trinajstić information content (AvgIpc) is 3.11. The molecule has 1 amide bonds. The van der Waals surface area contributed by atoms with Crippen LogP contribution in [0.15, 0.2) is 16.7 Å². The van der Waals surface area contributed by atoms with E-state index in [1.54, 1.807) is 6.92 Å². The predicted octanol–water partition coefficient (Wildman–Crippen LogP) is 3.43. The van der Waals surface area contributed by atoms with Crippen molar-refractivity contribution in [2.45, 2.75) is 34.1 Å². The van der Waals surface area contributed by atoms with E-state index in [0.717, 1.165) is 18.8 Å². The van der Waals surface area contributed by atoms with Crippen LogP contribution in [0.1, 0.15) is 42.6 Å². The Morgan fingerprint density at radius 1 is 1.14 bits per heavy atom. The first kappa shape index (κ1) is 21.0. The third-order valence-electron chi connectivity index (χ3n) is 4.76. The fourth-order valence-electron chi connectivity index (χ4n) is 3.38. The quantitative estimate of drug-likeness (QED) is 0.723. The van der Waals surface area contributed by atoms with Crippen molar-refractivity contribution < 1.29 is 23.5 Å². The summed E-state index contributed by atoms with van der Waals surface area (Å²) in [5, 5.41) is 6.92. The molecule has 1 aromatic carbocycles. The lowest BCUT2D eigenvalue weighted by molar-refractivity contribution is 0.102. The molecule has 1 aromatic heterocycles. The minimum Gasteiger partial charge on any atom is -0.492 e. The minimum atomic E-state index is -0.275. The summed E-state index contributed by atoms with van der Waals surface area (Å²) >= 11 is 0. The molecule has 1 N–H and O–H groups in total. The average molecular weight is 403 g/mol. The highest BCUT2D eigenvalue weighted by Gasteiger charge is 2.23. The molecule has 2 heterocycles. The van der Waals surface area contributed by atoms with Crippen LogP contribution in [0.2, 0.25) is 0 Å². The summed E-state index contributed by atoms with van der Waals surface area (Å²) in [5.74, 6) is 1.51. The predicted molar refractivity (Wildman–Crippen MR) is 110 cm³/mol. The molecule has 1 aliphatic rings. The van der Waals surface area contributed by atoms with E-state index < -0.39 is 0 Å². The summed E-state index contributed by atoms with van der Waals surface area (Å²) in [4.78, 5) is 15.2. The number of rotatable bonds is 8. The van der Waals surface area contributed by atoms with E-state index in [9.17, 15) is 4.79 Å². The maximum absolute atomic E-state index is 13.0. The highest BCUT2D eigenvalue weighted by atomic mass is 16.5. The summed E-state index contributed by atoms with van der Waals surface area (Å²) in [6.45, 7) is 11.4. The molecule has 0 bridgehead atoms. The summed E-state index contributed by atoms with van der Waals surface area (Å²) in [7, 11) is 0. The van der Waals surface area contributed by atoms with Crippen molar-refractivity contribution in [1.82, 2.24) is 5.16 Å². The molecule has 8 heteroatoms. The number of aryl methyl sites for hydroxylation is 2. The number of nitrogens with one attached hydrogen (secondary N) is 1. The Bertz CT molecular complexity index is 843. The molecule has 3 rings (SSSR count). The first-order valence-electron chi connectivity index (χ1n) is 10.1. The van der Waals surface area contributed by atoms with Crippen LogP contribution < -0.4 is 19.7 Å². The summed E-state index contributed by atoms with van der Waals surface area (Å²) < 4.78 is 22.4. The van der Waals surface area contributed by atoms with Crippen LogP contribution in [-0.2, 0) is 11.2 Å². The Morgan fingerprint density at radius 2 is 1.83 bits per heavy atom. The summed E-state index contributed by atoms with van der Waals surface area (Å²) in [5.41, 5.74) is 2.59. The molecule has 29 heavy (non-hydrogen) atoms. The molecule has 1 fully saturated rings. The highest BCUT2D eigenvalue weighted by molar-refractivity contribution is 6.06. The van der Waals surface area contributed by atoms with Crippen molar-refractivity contribution in [3.8, 4) is 11.5 Å². The largest absolute Gasteiger partial charge is 0.492 e. The number of anilines is 2. The fourth-order valence-corrected chi connectivity index (χ4v) is 3.38. The number of aromatic nitrogens is 1. The fraction of sp³-hybridized carbons (Fsp3) is 0.524.